The first-order chi connectivity index (χ1) is 15.2. The number of benzene rings is 2. The van der Waals surface area contributed by atoms with Crippen molar-refractivity contribution in [3.63, 3.8) is 0 Å². The molecule has 1 heterocycles. The number of likely N-dealkylation sites (tertiary alicyclic amines) is 1. The van der Waals surface area contributed by atoms with E-state index in [4.69, 9.17) is 39.5 Å². The molecule has 0 aliphatic carbocycles. The number of carbonyl (C=O) groups is 2. The summed E-state index contributed by atoms with van der Waals surface area (Å²) < 4.78 is 33.1. The van der Waals surface area contributed by atoms with Gasteiger partial charge >= 0.3 is 5.97 Å². The molecule has 1 N–H and O–H groups in total. The molecule has 7 nitrogen and oxygen atoms in total. The van der Waals surface area contributed by atoms with Gasteiger partial charge in [-0.25, -0.2) is 13.2 Å². The van der Waals surface area contributed by atoms with E-state index in [1.54, 1.807) is 4.90 Å². The Bertz CT molecular complexity index is 1120. The van der Waals surface area contributed by atoms with Crippen molar-refractivity contribution in [2.45, 2.75) is 30.6 Å². The number of anilines is 1. The summed E-state index contributed by atoms with van der Waals surface area (Å²) in [4.78, 5) is 26.1. The number of carbonyl (C=O) groups excluding carboxylic acids is 2. The second-order valence-electron chi connectivity index (χ2n) is 7.25. The highest BCUT2D eigenvalue weighted by atomic mass is 35.5. The molecule has 1 saturated heterocycles. The minimum absolute atomic E-state index is 0.0596. The summed E-state index contributed by atoms with van der Waals surface area (Å²) >= 11 is 18.0. The lowest BCUT2D eigenvalue weighted by molar-refractivity contribution is -0.134. The number of esters is 1. The molecule has 172 valence electrons. The Morgan fingerprint density at radius 2 is 1.59 bits per heavy atom. The van der Waals surface area contributed by atoms with Crippen molar-refractivity contribution in [3.8, 4) is 0 Å². The van der Waals surface area contributed by atoms with Crippen molar-refractivity contribution in [2.24, 2.45) is 0 Å². The summed E-state index contributed by atoms with van der Waals surface area (Å²) in [5.74, 6) is -1.11. The molecule has 32 heavy (non-hydrogen) atoms. The van der Waals surface area contributed by atoms with E-state index in [1.807, 2.05) is 0 Å². The molecule has 1 amide bonds. The van der Waals surface area contributed by atoms with E-state index in [9.17, 15) is 18.0 Å². The van der Waals surface area contributed by atoms with Crippen molar-refractivity contribution in [1.82, 2.24) is 4.90 Å². The number of halogens is 3. The van der Waals surface area contributed by atoms with Crippen LogP contribution in [0.2, 0.25) is 15.1 Å². The van der Waals surface area contributed by atoms with Gasteiger partial charge in [-0.05, 0) is 49.2 Å². The van der Waals surface area contributed by atoms with Gasteiger partial charge in [0.05, 0.1) is 21.3 Å². The molecule has 2 aromatic rings. The first-order valence-corrected chi connectivity index (χ1v) is 12.5. The van der Waals surface area contributed by atoms with Gasteiger partial charge in [0.25, 0.3) is 15.9 Å². The molecule has 0 bridgehead atoms. The lowest BCUT2D eigenvalue weighted by Gasteiger charge is -2.20. The maximum atomic E-state index is 12.9. The molecular weight excluding hydrogens is 499 g/mol. The van der Waals surface area contributed by atoms with Crippen LogP contribution in [0.5, 0.6) is 0 Å². The Morgan fingerprint density at radius 1 is 0.938 bits per heavy atom. The lowest BCUT2D eigenvalue weighted by atomic mass is 10.2. The van der Waals surface area contributed by atoms with Gasteiger partial charge in [-0.15, -0.1) is 0 Å². The Kier molecular flexibility index (Phi) is 8.27. The summed E-state index contributed by atoms with van der Waals surface area (Å²) in [5, 5.41) is 0.314. The van der Waals surface area contributed by atoms with Crippen molar-refractivity contribution in [2.75, 3.05) is 24.4 Å². The second-order valence-corrected chi connectivity index (χ2v) is 10.1. The van der Waals surface area contributed by atoms with E-state index in [0.29, 0.717) is 13.1 Å². The SMILES string of the molecule is O=C(OCC(=O)N1CCCCCC1)c1ccc(Cl)c(S(=O)(=O)Nc2cc(Cl)ccc2Cl)c1. The topological polar surface area (TPSA) is 92.8 Å². The molecule has 0 aromatic heterocycles. The normalized spacial score (nSPS) is 14.5. The van der Waals surface area contributed by atoms with Gasteiger partial charge in [0.1, 0.15) is 4.90 Å². The zero-order chi connectivity index (χ0) is 23.3. The van der Waals surface area contributed by atoms with E-state index < -0.39 is 22.6 Å². The molecule has 0 atom stereocenters. The second kappa shape index (κ2) is 10.7. The zero-order valence-corrected chi connectivity index (χ0v) is 20.0. The molecule has 1 aliphatic heterocycles. The van der Waals surface area contributed by atoms with E-state index >= 15 is 0 Å². The van der Waals surface area contributed by atoms with E-state index in [1.165, 1.54) is 30.3 Å². The van der Waals surface area contributed by atoms with Crippen LogP contribution in [0, 0.1) is 0 Å². The smallest absolute Gasteiger partial charge is 0.338 e. The Labute approximate surface area is 201 Å². The minimum atomic E-state index is -4.20. The Morgan fingerprint density at radius 3 is 2.28 bits per heavy atom. The molecule has 2 aromatic carbocycles. The van der Waals surface area contributed by atoms with Crippen LogP contribution in [0.3, 0.4) is 0 Å². The van der Waals surface area contributed by atoms with Gasteiger partial charge in [-0.2, -0.15) is 0 Å². The highest BCUT2D eigenvalue weighted by molar-refractivity contribution is 7.92. The molecule has 0 radical (unpaired) electrons. The van der Waals surface area contributed by atoms with Crippen LogP contribution in [0.4, 0.5) is 5.69 Å². The summed E-state index contributed by atoms with van der Waals surface area (Å²) in [6.45, 7) is 0.856. The summed E-state index contributed by atoms with van der Waals surface area (Å²) in [7, 11) is -4.20. The third-order valence-electron chi connectivity index (χ3n) is 4.91. The summed E-state index contributed by atoms with van der Waals surface area (Å²) in [6.07, 6.45) is 3.98. The van der Waals surface area contributed by atoms with Gasteiger partial charge in [0.2, 0.25) is 0 Å². The van der Waals surface area contributed by atoms with Crippen LogP contribution >= 0.6 is 34.8 Å². The van der Waals surface area contributed by atoms with E-state index in [2.05, 4.69) is 4.72 Å². The van der Waals surface area contributed by atoms with Crippen molar-refractivity contribution in [1.29, 1.82) is 0 Å². The number of rotatable bonds is 6. The van der Waals surface area contributed by atoms with Crippen LogP contribution in [0.1, 0.15) is 36.0 Å². The third-order valence-corrected chi connectivity index (χ3v) is 7.33. The predicted octanol–water partition coefficient (Wildman–Crippen LogP) is 5.01. The third kappa shape index (κ3) is 6.28. The van der Waals surface area contributed by atoms with Crippen LogP contribution in [0.15, 0.2) is 41.3 Å². The molecule has 11 heteroatoms. The standard InChI is InChI=1S/C21H21Cl3N2O5S/c22-15-6-8-16(23)18(12-15)25-32(29,30)19-11-14(5-7-17(19)24)21(28)31-13-20(27)26-9-3-1-2-4-10-26/h5-8,11-12,25H,1-4,9-10,13H2. The van der Waals surface area contributed by atoms with E-state index in [-0.39, 0.29) is 37.1 Å². The Hall–Kier alpha value is -2.00. The maximum absolute atomic E-state index is 12.9. The largest absolute Gasteiger partial charge is 0.452 e. The van der Waals surface area contributed by atoms with Crippen LogP contribution in [-0.2, 0) is 19.6 Å². The van der Waals surface area contributed by atoms with Gasteiger partial charge < -0.3 is 9.64 Å². The van der Waals surface area contributed by atoms with Crippen LogP contribution < -0.4 is 4.72 Å². The van der Waals surface area contributed by atoms with E-state index in [0.717, 1.165) is 31.7 Å². The Balaban J connectivity index is 1.73. The fraction of sp³-hybridized carbons (Fsp3) is 0.333. The van der Waals surface area contributed by atoms with Gasteiger partial charge in [0, 0.05) is 18.1 Å². The number of hydrogen-bond donors (Lipinski definition) is 1. The fourth-order valence-electron chi connectivity index (χ4n) is 3.23. The predicted molar refractivity (Wildman–Crippen MR) is 124 cm³/mol. The fourth-order valence-corrected chi connectivity index (χ4v) is 5.22. The number of sulfonamides is 1. The monoisotopic (exact) mass is 518 g/mol. The molecule has 3 rings (SSSR count). The lowest BCUT2D eigenvalue weighted by Crippen LogP contribution is -2.35. The highest BCUT2D eigenvalue weighted by Crippen LogP contribution is 2.30. The van der Waals surface area contributed by atoms with Crippen LogP contribution in [-0.4, -0.2) is 44.9 Å². The first kappa shape index (κ1) is 24.6. The molecule has 1 fully saturated rings. The summed E-state index contributed by atoms with van der Waals surface area (Å²) in [6, 6.07) is 7.98. The van der Waals surface area contributed by atoms with Crippen molar-refractivity contribution >= 4 is 62.4 Å². The van der Waals surface area contributed by atoms with Gasteiger partial charge in [-0.1, -0.05) is 47.6 Å². The quantitative estimate of drug-likeness (QED) is 0.542. The number of amides is 1. The highest BCUT2D eigenvalue weighted by Gasteiger charge is 2.23. The molecule has 0 saturated carbocycles. The van der Waals surface area contributed by atoms with Gasteiger partial charge in [-0.3, -0.25) is 9.52 Å². The number of hydrogen-bond acceptors (Lipinski definition) is 5. The molecule has 1 aliphatic rings. The summed E-state index contributed by atoms with van der Waals surface area (Å²) in [5.41, 5.74) is 0.00175. The number of ether oxygens (including phenoxy) is 1. The zero-order valence-electron chi connectivity index (χ0n) is 16.9. The number of nitrogens with zero attached hydrogens (tertiary/aromatic N) is 1. The average Bonchev–Trinajstić information content (AvgIpc) is 3.04. The maximum Gasteiger partial charge on any atom is 0.338 e. The van der Waals surface area contributed by atoms with Gasteiger partial charge in [0.15, 0.2) is 6.61 Å². The molecular formula is C21H21Cl3N2O5S. The minimum Gasteiger partial charge on any atom is -0.452 e. The first-order valence-electron chi connectivity index (χ1n) is 9.90. The molecule has 0 unspecified atom stereocenters. The average molecular weight is 520 g/mol. The number of nitrogens with one attached hydrogen (secondary N) is 1. The van der Waals surface area contributed by atoms with Crippen molar-refractivity contribution in [3.05, 3.63) is 57.0 Å². The van der Waals surface area contributed by atoms with Crippen LogP contribution in [0.25, 0.3) is 0 Å². The molecule has 0 spiro atoms. The van der Waals surface area contributed by atoms with Crippen molar-refractivity contribution < 1.29 is 22.7 Å².